The summed E-state index contributed by atoms with van der Waals surface area (Å²) in [6, 6.07) is 15.1. The van der Waals surface area contributed by atoms with E-state index in [1.54, 1.807) is 24.3 Å². The first kappa shape index (κ1) is 13.8. The largest absolute Gasteiger partial charge is 0.507 e. The first-order valence-electron chi connectivity index (χ1n) is 6.13. The number of fused-ring (bicyclic) bond motifs is 1. The van der Waals surface area contributed by atoms with Crippen molar-refractivity contribution in [2.45, 2.75) is 0 Å². The van der Waals surface area contributed by atoms with E-state index >= 15 is 0 Å². The fourth-order valence-electron chi connectivity index (χ4n) is 1.91. The molecule has 3 rings (SSSR count). The molecule has 0 amide bonds. The molecule has 0 bridgehead atoms. The van der Waals surface area contributed by atoms with Gasteiger partial charge in [-0.1, -0.05) is 18.2 Å². The van der Waals surface area contributed by atoms with Gasteiger partial charge in [-0.05, 0) is 51.8 Å². The van der Waals surface area contributed by atoms with Gasteiger partial charge in [0.15, 0.2) is 0 Å². The Morgan fingerprint density at radius 2 is 2.10 bits per heavy atom. The first-order chi connectivity index (χ1) is 10.2. The Balaban J connectivity index is 2.06. The highest BCUT2D eigenvalue weighted by atomic mass is 79.9. The summed E-state index contributed by atoms with van der Waals surface area (Å²) in [5.41, 5.74) is 2.23. The van der Waals surface area contributed by atoms with E-state index in [0.29, 0.717) is 15.1 Å². The maximum atomic E-state index is 9.50. The van der Waals surface area contributed by atoms with Gasteiger partial charge in [0.1, 0.15) is 16.8 Å². The van der Waals surface area contributed by atoms with Crippen molar-refractivity contribution < 1.29 is 5.11 Å². The molecule has 0 saturated heterocycles. The summed E-state index contributed by atoms with van der Waals surface area (Å²) >= 11 is 4.76. The highest BCUT2D eigenvalue weighted by Gasteiger charge is 2.09. The molecule has 1 heterocycles. The molecule has 0 spiro atoms. The van der Waals surface area contributed by atoms with Crippen molar-refractivity contribution >= 4 is 49.1 Å². The SMILES string of the molecule is N#C/C(=C\c1ccc(O)c(Br)c1)c1nc2ccccc2s1. The van der Waals surface area contributed by atoms with Crippen molar-refractivity contribution in [2.75, 3.05) is 0 Å². The van der Waals surface area contributed by atoms with Gasteiger partial charge < -0.3 is 5.11 Å². The molecule has 5 heteroatoms. The van der Waals surface area contributed by atoms with Gasteiger partial charge in [-0.3, -0.25) is 0 Å². The van der Waals surface area contributed by atoms with Crippen LogP contribution >= 0.6 is 27.3 Å². The molecular weight excluding hydrogens is 348 g/mol. The summed E-state index contributed by atoms with van der Waals surface area (Å²) in [7, 11) is 0. The molecule has 0 aliphatic heterocycles. The van der Waals surface area contributed by atoms with Crippen LogP contribution in [0.15, 0.2) is 46.9 Å². The number of phenolic OH excluding ortho intramolecular Hbond substituents is 1. The van der Waals surface area contributed by atoms with Crippen molar-refractivity contribution in [3.63, 3.8) is 0 Å². The summed E-state index contributed by atoms with van der Waals surface area (Å²) < 4.78 is 1.65. The van der Waals surface area contributed by atoms with Gasteiger partial charge in [-0.25, -0.2) is 4.98 Å². The summed E-state index contributed by atoms with van der Waals surface area (Å²) in [5.74, 6) is 0.172. The Hall–Kier alpha value is -2.16. The smallest absolute Gasteiger partial charge is 0.135 e. The van der Waals surface area contributed by atoms with Gasteiger partial charge in [-0.15, -0.1) is 11.3 Å². The first-order valence-corrected chi connectivity index (χ1v) is 7.74. The van der Waals surface area contributed by atoms with E-state index in [0.717, 1.165) is 15.8 Å². The van der Waals surface area contributed by atoms with Crippen LogP contribution in [-0.4, -0.2) is 10.1 Å². The fourth-order valence-corrected chi connectivity index (χ4v) is 3.24. The summed E-state index contributed by atoms with van der Waals surface area (Å²) in [4.78, 5) is 4.49. The molecule has 1 aromatic heterocycles. The Morgan fingerprint density at radius 1 is 1.29 bits per heavy atom. The second kappa shape index (κ2) is 5.68. The predicted octanol–water partition coefficient (Wildman–Crippen LogP) is 4.83. The Labute approximate surface area is 133 Å². The van der Waals surface area contributed by atoms with Crippen LogP contribution in [0.1, 0.15) is 10.6 Å². The maximum absolute atomic E-state index is 9.50. The van der Waals surface area contributed by atoms with Crippen LogP contribution < -0.4 is 0 Å². The Bertz CT molecular complexity index is 860. The molecule has 0 radical (unpaired) electrons. The quantitative estimate of drug-likeness (QED) is 0.669. The highest BCUT2D eigenvalue weighted by Crippen LogP contribution is 2.30. The zero-order chi connectivity index (χ0) is 14.8. The number of nitrogens with zero attached hydrogens (tertiary/aromatic N) is 2. The summed E-state index contributed by atoms with van der Waals surface area (Å²) in [6.45, 7) is 0. The van der Waals surface area contributed by atoms with E-state index in [4.69, 9.17) is 0 Å². The van der Waals surface area contributed by atoms with Crippen LogP contribution in [0.5, 0.6) is 5.75 Å². The van der Waals surface area contributed by atoms with E-state index in [1.165, 1.54) is 11.3 Å². The average Bonchev–Trinajstić information content (AvgIpc) is 2.92. The number of aromatic hydroxyl groups is 1. The number of thiazole rings is 1. The normalized spacial score (nSPS) is 11.5. The molecule has 1 N–H and O–H groups in total. The van der Waals surface area contributed by atoms with E-state index < -0.39 is 0 Å². The molecule has 102 valence electrons. The van der Waals surface area contributed by atoms with E-state index in [2.05, 4.69) is 27.0 Å². The number of halogens is 1. The van der Waals surface area contributed by atoms with Gasteiger partial charge >= 0.3 is 0 Å². The number of para-hydroxylation sites is 1. The van der Waals surface area contributed by atoms with Crippen molar-refractivity contribution in [1.29, 1.82) is 5.26 Å². The number of allylic oxidation sites excluding steroid dienone is 1. The van der Waals surface area contributed by atoms with E-state index in [1.807, 2.05) is 24.3 Å². The minimum absolute atomic E-state index is 0.172. The minimum atomic E-state index is 0.172. The fraction of sp³-hybridized carbons (Fsp3) is 0. The zero-order valence-corrected chi connectivity index (χ0v) is 13.1. The molecule has 0 fully saturated rings. The molecule has 3 nitrogen and oxygen atoms in total. The second-order valence-electron chi connectivity index (χ2n) is 4.37. The van der Waals surface area contributed by atoms with Crippen LogP contribution in [0, 0.1) is 11.3 Å². The van der Waals surface area contributed by atoms with Crippen LogP contribution in [0.3, 0.4) is 0 Å². The lowest BCUT2D eigenvalue weighted by atomic mass is 10.1. The van der Waals surface area contributed by atoms with Crippen molar-refractivity contribution in [2.24, 2.45) is 0 Å². The molecular formula is C16H9BrN2OS. The standard InChI is InChI=1S/C16H9BrN2OS/c17-12-8-10(5-6-14(12)20)7-11(9-18)16-19-13-3-1-2-4-15(13)21-16/h1-8,20H/b11-7+. The maximum Gasteiger partial charge on any atom is 0.135 e. The summed E-state index contributed by atoms with van der Waals surface area (Å²) in [6.07, 6.45) is 1.77. The van der Waals surface area contributed by atoms with Gasteiger partial charge in [0.25, 0.3) is 0 Å². The predicted molar refractivity (Wildman–Crippen MR) is 88.9 cm³/mol. The molecule has 0 aliphatic carbocycles. The van der Waals surface area contributed by atoms with Crippen LogP contribution in [0.25, 0.3) is 21.9 Å². The number of aromatic nitrogens is 1. The third kappa shape index (κ3) is 2.82. The average molecular weight is 357 g/mol. The van der Waals surface area contributed by atoms with Crippen LogP contribution in [-0.2, 0) is 0 Å². The third-order valence-electron chi connectivity index (χ3n) is 2.93. The van der Waals surface area contributed by atoms with Gasteiger partial charge in [0.2, 0.25) is 0 Å². The monoisotopic (exact) mass is 356 g/mol. The number of hydrogen-bond donors (Lipinski definition) is 1. The lowest BCUT2D eigenvalue weighted by Gasteiger charge is -1.99. The van der Waals surface area contributed by atoms with Crippen molar-refractivity contribution in [3.8, 4) is 11.8 Å². The minimum Gasteiger partial charge on any atom is -0.507 e. The molecule has 2 aromatic carbocycles. The molecule has 0 saturated carbocycles. The van der Waals surface area contributed by atoms with Gasteiger partial charge in [0, 0.05) is 0 Å². The Morgan fingerprint density at radius 3 is 2.81 bits per heavy atom. The second-order valence-corrected chi connectivity index (χ2v) is 6.25. The lowest BCUT2D eigenvalue weighted by Crippen LogP contribution is -1.81. The number of rotatable bonds is 2. The molecule has 0 aliphatic rings. The van der Waals surface area contributed by atoms with Crippen molar-refractivity contribution in [3.05, 3.63) is 57.5 Å². The Kier molecular flexibility index (Phi) is 3.74. The number of hydrogen-bond acceptors (Lipinski definition) is 4. The van der Waals surface area contributed by atoms with Crippen LogP contribution in [0.4, 0.5) is 0 Å². The van der Waals surface area contributed by atoms with Crippen LogP contribution in [0.2, 0.25) is 0 Å². The molecule has 0 unspecified atom stereocenters. The van der Waals surface area contributed by atoms with Gasteiger partial charge in [-0.2, -0.15) is 5.26 Å². The zero-order valence-electron chi connectivity index (χ0n) is 10.7. The van der Waals surface area contributed by atoms with Gasteiger partial charge in [0.05, 0.1) is 20.3 Å². The summed E-state index contributed by atoms with van der Waals surface area (Å²) in [5, 5.41) is 19.6. The highest BCUT2D eigenvalue weighted by molar-refractivity contribution is 9.10. The van der Waals surface area contributed by atoms with E-state index in [9.17, 15) is 10.4 Å². The lowest BCUT2D eigenvalue weighted by molar-refractivity contribution is 0.472. The van der Waals surface area contributed by atoms with E-state index in [-0.39, 0.29) is 5.75 Å². The van der Waals surface area contributed by atoms with Crippen molar-refractivity contribution in [1.82, 2.24) is 4.98 Å². The molecule has 21 heavy (non-hydrogen) atoms. The topological polar surface area (TPSA) is 56.9 Å². The molecule has 3 aromatic rings. The number of nitriles is 1. The molecule has 0 atom stereocenters. The third-order valence-corrected chi connectivity index (χ3v) is 4.63. The number of benzene rings is 2. The number of phenols is 1.